The molecule has 5 atom stereocenters. The van der Waals surface area contributed by atoms with Gasteiger partial charge in [-0.25, -0.2) is 15.0 Å². The molecule has 1 saturated heterocycles. The van der Waals surface area contributed by atoms with Crippen LogP contribution in [0.4, 0.5) is 5.82 Å². The number of benzene rings is 1. The summed E-state index contributed by atoms with van der Waals surface area (Å²) in [4.78, 5) is 13.2. The van der Waals surface area contributed by atoms with Crippen LogP contribution in [-0.4, -0.2) is 59.8 Å². The van der Waals surface area contributed by atoms with Crippen molar-refractivity contribution in [3.05, 3.63) is 48.0 Å². The zero-order valence-corrected chi connectivity index (χ0v) is 16.6. The van der Waals surface area contributed by atoms with Gasteiger partial charge in [-0.1, -0.05) is 24.3 Å². The Labute approximate surface area is 173 Å². The van der Waals surface area contributed by atoms with E-state index in [1.54, 1.807) is 4.57 Å². The Bertz CT molecular complexity index is 1050. The number of hydrogen-bond acceptors (Lipinski definition) is 8. The summed E-state index contributed by atoms with van der Waals surface area (Å²) in [6.45, 7) is 1.72. The fourth-order valence-corrected chi connectivity index (χ4v) is 4.22. The lowest BCUT2D eigenvalue weighted by molar-refractivity contribution is -0.0511. The smallest absolute Gasteiger partial charge is 0.167 e. The minimum atomic E-state index is -1.20. The Morgan fingerprint density at radius 1 is 1.17 bits per heavy atom. The summed E-state index contributed by atoms with van der Waals surface area (Å²) in [5.74, 6) is 1.16. The van der Waals surface area contributed by atoms with E-state index in [2.05, 4.69) is 39.3 Å². The minimum Gasteiger partial charge on any atom is -0.394 e. The summed E-state index contributed by atoms with van der Waals surface area (Å²) in [6.07, 6.45) is 1.17. The van der Waals surface area contributed by atoms with Gasteiger partial charge in [0, 0.05) is 0 Å². The number of anilines is 1. The molecule has 2 aromatic heterocycles. The number of hydrogen-bond donors (Lipinski definition) is 4. The van der Waals surface area contributed by atoms with E-state index >= 15 is 0 Å². The van der Waals surface area contributed by atoms with Crippen molar-refractivity contribution in [2.24, 2.45) is 5.92 Å². The highest BCUT2D eigenvalue weighted by atomic mass is 16.6. The Morgan fingerprint density at radius 2 is 1.97 bits per heavy atom. The minimum absolute atomic E-state index is 0.128. The molecule has 0 amide bonds. The van der Waals surface area contributed by atoms with Crippen LogP contribution in [0.1, 0.15) is 36.2 Å². The van der Waals surface area contributed by atoms with Gasteiger partial charge in [0.25, 0.3) is 0 Å². The van der Waals surface area contributed by atoms with Crippen LogP contribution in [0.3, 0.4) is 0 Å². The summed E-state index contributed by atoms with van der Waals surface area (Å²) in [5, 5.41) is 33.4. The zero-order chi connectivity index (χ0) is 20.8. The number of aromatic nitrogens is 4. The number of imidazole rings is 1. The lowest BCUT2D eigenvalue weighted by Crippen LogP contribution is -2.33. The van der Waals surface area contributed by atoms with Crippen LogP contribution >= 0.6 is 0 Å². The van der Waals surface area contributed by atoms with Gasteiger partial charge in [0.2, 0.25) is 0 Å². The Balaban J connectivity index is 1.49. The highest BCUT2D eigenvalue weighted by Crippen LogP contribution is 2.44. The van der Waals surface area contributed by atoms with E-state index in [9.17, 15) is 15.3 Å². The molecular weight excluding hydrogens is 386 g/mol. The lowest BCUT2D eigenvalue weighted by atomic mass is 9.97. The van der Waals surface area contributed by atoms with Crippen molar-refractivity contribution >= 4 is 17.0 Å². The van der Waals surface area contributed by atoms with Gasteiger partial charge >= 0.3 is 0 Å². The molecule has 1 aromatic carbocycles. The molecule has 1 aliphatic carbocycles. The topological polar surface area (TPSA) is 126 Å². The Morgan fingerprint density at radius 3 is 2.67 bits per heavy atom. The predicted molar refractivity (Wildman–Crippen MR) is 109 cm³/mol. The second-order valence-electron chi connectivity index (χ2n) is 8.09. The molecule has 9 nitrogen and oxygen atoms in total. The number of rotatable bonds is 6. The van der Waals surface area contributed by atoms with Gasteiger partial charge in [-0.3, -0.25) is 4.57 Å². The molecule has 9 heteroatoms. The van der Waals surface area contributed by atoms with Crippen molar-refractivity contribution in [1.82, 2.24) is 19.5 Å². The molecule has 3 aromatic rings. The molecule has 1 aliphatic heterocycles. The van der Waals surface area contributed by atoms with E-state index < -0.39 is 24.5 Å². The maximum atomic E-state index is 10.4. The van der Waals surface area contributed by atoms with Gasteiger partial charge in [0.05, 0.1) is 19.0 Å². The zero-order valence-electron chi connectivity index (χ0n) is 16.6. The van der Waals surface area contributed by atoms with Crippen LogP contribution in [0.5, 0.6) is 0 Å². The standard InChI is InChI=1S/C21H25N5O4/c1-11-4-2-3-5-13(11)15(12-6-7-12)25-19-16-20(23-9-22-19)26(10-24-16)21-18(29)17(28)14(8-27)30-21/h2-5,9-10,12,14-15,17-18,21,27-29H,6-8H2,1H3,(H,22,23,25)/t14-,15?,17?,18?,21-/m1/s1. The van der Waals surface area contributed by atoms with Crippen molar-refractivity contribution in [2.45, 2.75) is 50.3 Å². The summed E-state index contributed by atoms with van der Waals surface area (Å²) >= 11 is 0. The van der Waals surface area contributed by atoms with Crippen molar-refractivity contribution in [2.75, 3.05) is 11.9 Å². The van der Waals surface area contributed by atoms with E-state index in [0.717, 1.165) is 12.8 Å². The number of aliphatic hydroxyl groups excluding tert-OH is 3. The molecule has 1 saturated carbocycles. The molecule has 2 aliphatic rings. The Kier molecular flexibility index (Phi) is 4.90. The van der Waals surface area contributed by atoms with E-state index in [0.29, 0.717) is 22.9 Å². The van der Waals surface area contributed by atoms with Crippen molar-refractivity contribution in [1.29, 1.82) is 0 Å². The second kappa shape index (κ2) is 7.59. The fraction of sp³-hybridized carbons (Fsp3) is 0.476. The first-order valence-electron chi connectivity index (χ1n) is 10.2. The molecule has 0 radical (unpaired) electrons. The van der Waals surface area contributed by atoms with Crippen LogP contribution in [0.15, 0.2) is 36.9 Å². The second-order valence-corrected chi connectivity index (χ2v) is 8.09. The van der Waals surface area contributed by atoms with Gasteiger partial charge < -0.3 is 25.4 Å². The first kappa shape index (κ1) is 19.4. The molecule has 3 unspecified atom stereocenters. The average Bonchev–Trinajstić information content (AvgIpc) is 3.45. The highest BCUT2D eigenvalue weighted by Gasteiger charge is 2.44. The molecule has 2 fully saturated rings. The summed E-state index contributed by atoms with van der Waals surface area (Å²) < 4.78 is 7.21. The molecule has 5 rings (SSSR count). The van der Waals surface area contributed by atoms with E-state index in [4.69, 9.17) is 4.74 Å². The van der Waals surface area contributed by atoms with E-state index in [-0.39, 0.29) is 12.6 Å². The van der Waals surface area contributed by atoms with E-state index in [1.807, 2.05) is 12.1 Å². The number of fused-ring (bicyclic) bond motifs is 1. The van der Waals surface area contributed by atoms with Gasteiger partial charge in [0.15, 0.2) is 23.2 Å². The monoisotopic (exact) mass is 411 g/mol. The highest BCUT2D eigenvalue weighted by molar-refractivity contribution is 5.83. The maximum Gasteiger partial charge on any atom is 0.167 e. The number of nitrogens with zero attached hydrogens (tertiary/aromatic N) is 4. The first-order chi connectivity index (χ1) is 14.6. The molecular formula is C21H25N5O4. The van der Waals surface area contributed by atoms with Crippen molar-refractivity contribution in [3.8, 4) is 0 Å². The molecule has 158 valence electrons. The van der Waals surface area contributed by atoms with Gasteiger partial charge in [0.1, 0.15) is 24.6 Å². The third-order valence-corrected chi connectivity index (χ3v) is 6.06. The van der Waals surface area contributed by atoms with Crippen LogP contribution in [0.25, 0.3) is 11.2 Å². The maximum absolute atomic E-state index is 10.4. The molecule has 30 heavy (non-hydrogen) atoms. The van der Waals surface area contributed by atoms with Crippen LogP contribution in [0, 0.1) is 12.8 Å². The Hall–Kier alpha value is -2.59. The molecule has 4 N–H and O–H groups in total. The summed E-state index contributed by atoms with van der Waals surface area (Å²) in [5.41, 5.74) is 3.52. The number of nitrogens with one attached hydrogen (secondary N) is 1. The van der Waals surface area contributed by atoms with Crippen molar-refractivity contribution in [3.63, 3.8) is 0 Å². The molecule has 3 heterocycles. The predicted octanol–water partition coefficient (Wildman–Crippen LogP) is 1.31. The quantitative estimate of drug-likeness (QED) is 0.478. The summed E-state index contributed by atoms with van der Waals surface area (Å²) in [7, 11) is 0. The number of ether oxygens (including phenoxy) is 1. The summed E-state index contributed by atoms with van der Waals surface area (Å²) in [6, 6.07) is 8.46. The van der Waals surface area contributed by atoms with Crippen LogP contribution < -0.4 is 5.32 Å². The lowest BCUT2D eigenvalue weighted by Gasteiger charge is -2.21. The fourth-order valence-electron chi connectivity index (χ4n) is 4.22. The van der Waals surface area contributed by atoms with E-state index in [1.165, 1.54) is 23.8 Å². The molecule has 0 spiro atoms. The van der Waals surface area contributed by atoms with Gasteiger partial charge in [-0.15, -0.1) is 0 Å². The van der Waals surface area contributed by atoms with Crippen molar-refractivity contribution < 1.29 is 20.1 Å². The van der Waals surface area contributed by atoms with Crippen LogP contribution in [-0.2, 0) is 4.74 Å². The van der Waals surface area contributed by atoms with Gasteiger partial charge in [-0.05, 0) is 36.8 Å². The van der Waals surface area contributed by atoms with Crippen LogP contribution in [0.2, 0.25) is 0 Å². The molecule has 0 bridgehead atoms. The normalized spacial score (nSPS) is 27.5. The number of aryl methyl sites for hydroxylation is 1. The largest absolute Gasteiger partial charge is 0.394 e. The average molecular weight is 411 g/mol. The third kappa shape index (κ3) is 3.24. The number of aliphatic hydroxyl groups is 3. The van der Waals surface area contributed by atoms with Gasteiger partial charge in [-0.2, -0.15) is 0 Å². The third-order valence-electron chi connectivity index (χ3n) is 6.06. The first-order valence-corrected chi connectivity index (χ1v) is 10.2. The SMILES string of the molecule is Cc1ccccc1C(Nc1ncnc2c1ncn2[C@@H]1O[C@H](CO)C(O)C1O)C1CC1.